The molecule has 76 valence electrons. The molecule has 15 heavy (non-hydrogen) atoms. The van der Waals surface area contributed by atoms with Crippen molar-refractivity contribution in [2.75, 3.05) is 0 Å². The van der Waals surface area contributed by atoms with Crippen LogP contribution in [0.4, 0.5) is 0 Å². The summed E-state index contributed by atoms with van der Waals surface area (Å²) >= 11 is 5.85. The van der Waals surface area contributed by atoms with Gasteiger partial charge in [-0.3, -0.25) is 0 Å². The molecule has 0 spiro atoms. The van der Waals surface area contributed by atoms with Crippen LogP contribution in [0.25, 0.3) is 0 Å². The molecule has 2 rings (SSSR count). The summed E-state index contributed by atoms with van der Waals surface area (Å²) in [6.45, 7) is 0. The van der Waals surface area contributed by atoms with Crippen LogP contribution < -0.4 is 10.0 Å². The van der Waals surface area contributed by atoms with Gasteiger partial charge in [-0.2, -0.15) is 0 Å². The van der Waals surface area contributed by atoms with Crippen molar-refractivity contribution in [1.29, 1.82) is 0 Å². The maximum atomic E-state index is 5.85. The molecular formula is C12H10ClOP. The lowest BCUT2D eigenvalue weighted by Gasteiger charge is -2.08. The van der Waals surface area contributed by atoms with Gasteiger partial charge in [-0.05, 0) is 24.3 Å². The number of halogens is 1. The standard InChI is InChI=1S/C12H10ClOP/c13-15-12-9-5-4-8-11(12)14-10-6-2-1-3-7-10/h1-9,15H. The molecule has 0 N–H and O–H groups in total. The summed E-state index contributed by atoms with van der Waals surface area (Å²) in [6, 6.07) is 17.5. The van der Waals surface area contributed by atoms with Gasteiger partial charge in [-0.25, -0.2) is 0 Å². The van der Waals surface area contributed by atoms with Gasteiger partial charge in [0.1, 0.15) is 11.5 Å². The Bertz CT molecular complexity index is 431. The van der Waals surface area contributed by atoms with Gasteiger partial charge in [0.2, 0.25) is 0 Å². The lowest BCUT2D eigenvalue weighted by atomic mass is 10.3. The van der Waals surface area contributed by atoms with E-state index in [2.05, 4.69) is 0 Å². The minimum atomic E-state index is 0.228. The molecule has 0 heterocycles. The van der Waals surface area contributed by atoms with E-state index in [-0.39, 0.29) is 7.93 Å². The highest BCUT2D eigenvalue weighted by Crippen LogP contribution is 2.26. The maximum Gasteiger partial charge on any atom is 0.136 e. The van der Waals surface area contributed by atoms with Crippen LogP contribution in [-0.4, -0.2) is 0 Å². The summed E-state index contributed by atoms with van der Waals surface area (Å²) in [5.74, 6) is 1.66. The molecule has 3 heteroatoms. The van der Waals surface area contributed by atoms with Gasteiger partial charge in [0, 0.05) is 13.2 Å². The topological polar surface area (TPSA) is 9.23 Å². The molecule has 1 unspecified atom stereocenters. The Hall–Kier alpha value is -1.04. The second-order valence-corrected chi connectivity index (χ2v) is 4.30. The minimum Gasteiger partial charge on any atom is -0.457 e. The number of rotatable bonds is 3. The van der Waals surface area contributed by atoms with E-state index in [0.29, 0.717) is 0 Å². The van der Waals surface area contributed by atoms with Crippen LogP contribution in [0, 0.1) is 0 Å². The summed E-state index contributed by atoms with van der Waals surface area (Å²) in [6.07, 6.45) is 0. The first-order valence-corrected chi connectivity index (χ1v) is 6.60. The Morgan fingerprint density at radius 1 is 0.867 bits per heavy atom. The van der Waals surface area contributed by atoms with Crippen molar-refractivity contribution in [3.63, 3.8) is 0 Å². The summed E-state index contributed by atoms with van der Waals surface area (Å²) in [5.41, 5.74) is 0. The smallest absolute Gasteiger partial charge is 0.136 e. The predicted molar refractivity (Wildman–Crippen MR) is 66.8 cm³/mol. The molecule has 0 amide bonds. The highest BCUT2D eigenvalue weighted by molar-refractivity contribution is 7.75. The molecule has 0 bridgehead atoms. The minimum absolute atomic E-state index is 0.228. The Morgan fingerprint density at radius 2 is 1.53 bits per heavy atom. The highest BCUT2D eigenvalue weighted by atomic mass is 35.7. The molecule has 2 aromatic carbocycles. The number of hydrogen-bond acceptors (Lipinski definition) is 1. The largest absolute Gasteiger partial charge is 0.457 e. The monoisotopic (exact) mass is 236 g/mol. The maximum absolute atomic E-state index is 5.85. The second-order valence-electron chi connectivity index (χ2n) is 3.01. The zero-order valence-corrected chi connectivity index (χ0v) is 9.74. The van der Waals surface area contributed by atoms with E-state index in [9.17, 15) is 0 Å². The van der Waals surface area contributed by atoms with Crippen LogP contribution in [0.1, 0.15) is 0 Å². The van der Waals surface area contributed by atoms with Gasteiger partial charge < -0.3 is 4.74 Å². The fraction of sp³-hybridized carbons (Fsp3) is 0. The normalized spacial score (nSPS) is 10.7. The van der Waals surface area contributed by atoms with Gasteiger partial charge in [0.05, 0.1) is 0 Å². The van der Waals surface area contributed by atoms with E-state index in [0.717, 1.165) is 16.8 Å². The van der Waals surface area contributed by atoms with E-state index in [1.54, 1.807) is 0 Å². The molecule has 1 nitrogen and oxygen atoms in total. The van der Waals surface area contributed by atoms with Gasteiger partial charge in [-0.1, -0.05) is 41.6 Å². The third kappa shape index (κ3) is 2.71. The molecule has 1 atom stereocenters. The number of ether oxygens (including phenoxy) is 1. The predicted octanol–water partition coefficient (Wildman–Crippen LogP) is 3.94. The van der Waals surface area contributed by atoms with E-state index in [4.69, 9.17) is 16.0 Å². The summed E-state index contributed by atoms with van der Waals surface area (Å²) in [4.78, 5) is 0. The summed E-state index contributed by atoms with van der Waals surface area (Å²) in [5, 5.41) is 1.03. The lowest BCUT2D eigenvalue weighted by molar-refractivity contribution is 0.487. The Balaban J connectivity index is 2.24. The fourth-order valence-corrected chi connectivity index (χ4v) is 2.10. The molecule has 0 saturated carbocycles. The average molecular weight is 237 g/mol. The summed E-state index contributed by atoms with van der Waals surface area (Å²) in [7, 11) is 0.228. The molecular weight excluding hydrogens is 227 g/mol. The van der Waals surface area contributed by atoms with Crippen molar-refractivity contribution < 1.29 is 4.74 Å². The first kappa shape index (κ1) is 10.5. The zero-order valence-electron chi connectivity index (χ0n) is 7.98. The van der Waals surface area contributed by atoms with Crippen LogP contribution in [0.15, 0.2) is 54.6 Å². The second kappa shape index (κ2) is 5.16. The van der Waals surface area contributed by atoms with Gasteiger partial charge in [0.25, 0.3) is 0 Å². The average Bonchev–Trinajstić information content (AvgIpc) is 2.31. The fourth-order valence-electron chi connectivity index (χ4n) is 1.25. The van der Waals surface area contributed by atoms with Crippen LogP contribution in [0.3, 0.4) is 0 Å². The number of benzene rings is 2. The lowest BCUT2D eigenvalue weighted by Crippen LogP contribution is -1.97. The summed E-state index contributed by atoms with van der Waals surface area (Å²) < 4.78 is 5.72. The Kier molecular flexibility index (Phi) is 3.60. The van der Waals surface area contributed by atoms with Crippen LogP contribution in [0.5, 0.6) is 11.5 Å². The van der Waals surface area contributed by atoms with Gasteiger partial charge in [-0.15, -0.1) is 0 Å². The quantitative estimate of drug-likeness (QED) is 0.734. The van der Waals surface area contributed by atoms with Crippen molar-refractivity contribution in [3.05, 3.63) is 54.6 Å². The number of para-hydroxylation sites is 2. The molecule has 0 aliphatic heterocycles. The SMILES string of the molecule is ClPc1ccccc1Oc1ccccc1. The molecule has 0 aromatic heterocycles. The third-order valence-corrected chi connectivity index (χ3v) is 3.19. The van der Waals surface area contributed by atoms with Crippen molar-refractivity contribution in [1.82, 2.24) is 0 Å². The van der Waals surface area contributed by atoms with E-state index >= 15 is 0 Å². The Labute approximate surface area is 95.6 Å². The van der Waals surface area contributed by atoms with E-state index in [1.807, 2.05) is 54.6 Å². The highest BCUT2D eigenvalue weighted by Gasteiger charge is 2.02. The molecule has 0 fully saturated rings. The molecule has 0 radical (unpaired) electrons. The van der Waals surface area contributed by atoms with Crippen molar-refractivity contribution in [2.45, 2.75) is 0 Å². The first-order valence-electron chi connectivity index (χ1n) is 4.59. The van der Waals surface area contributed by atoms with E-state index in [1.165, 1.54) is 0 Å². The van der Waals surface area contributed by atoms with Crippen LogP contribution >= 0.6 is 19.2 Å². The van der Waals surface area contributed by atoms with Gasteiger partial charge in [0.15, 0.2) is 0 Å². The van der Waals surface area contributed by atoms with Crippen LogP contribution in [0.2, 0.25) is 0 Å². The van der Waals surface area contributed by atoms with E-state index < -0.39 is 0 Å². The zero-order chi connectivity index (χ0) is 10.5. The Morgan fingerprint density at radius 3 is 2.27 bits per heavy atom. The third-order valence-electron chi connectivity index (χ3n) is 1.96. The van der Waals surface area contributed by atoms with Crippen LogP contribution in [-0.2, 0) is 0 Å². The van der Waals surface area contributed by atoms with Gasteiger partial charge >= 0.3 is 0 Å². The van der Waals surface area contributed by atoms with Crippen molar-refractivity contribution >= 4 is 24.5 Å². The van der Waals surface area contributed by atoms with Crippen molar-refractivity contribution in [2.24, 2.45) is 0 Å². The molecule has 0 aliphatic rings. The molecule has 0 saturated heterocycles. The number of hydrogen-bond donors (Lipinski definition) is 0. The molecule has 0 aliphatic carbocycles. The molecule has 2 aromatic rings. The van der Waals surface area contributed by atoms with Crippen molar-refractivity contribution in [3.8, 4) is 11.5 Å². The first-order chi connectivity index (χ1) is 7.40.